The Morgan fingerprint density at radius 1 is 0.325 bits per heavy atom. The molecule has 0 fully saturated rings. The fourth-order valence-electron chi connectivity index (χ4n) is 11.2. The van der Waals surface area contributed by atoms with E-state index in [9.17, 15) is 0 Å². The molecule has 11 aromatic carbocycles. The van der Waals surface area contributed by atoms with Gasteiger partial charge in [0.2, 0.25) is 0 Å². The molecule has 0 unspecified atom stereocenters. The Balaban J connectivity index is 0.000000170. The van der Waals surface area contributed by atoms with Gasteiger partial charge in [-0.2, -0.15) is 0 Å². The summed E-state index contributed by atoms with van der Waals surface area (Å²) in [7, 11) is -2.74. The van der Waals surface area contributed by atoms with Crippen molar-refractivity contribution in [2.45, 2.75) is 12.8 Å². The Morgan fingerprint density at radius 2 is 0.688 bits per heavy atom. The summed E-state index contributed by atoms with van der Waals surface area (Å²) in [5.74, 6) is 5.02. The van der Waals surface area contributed by atoms with Crippen molar-refractivity contribution < 1.29 is 44.8 Å². The van der Waals surface area contributed by atoms with E-state index in [4.69, 9.17) is 12.8 Å². The van der Waals surface area contributed by atoms with Crippen LogP contribution in [0.2, 0.25) is 0 Å². The van der Waals surface area contributed by atoms with Gasteiger partial charge in [0.15, 0.2) is 0 Å². The van der Waals surface area contributed by atoms with Crippen LogP contribution in [0.4, 0.5) is 0 Å². The molecule has 0 radical (unpaired) electrons. The summed E-state index contributed by atoms with van der Waals surface area (Å²) in [6.07, 6.45) is 16.4. The predicted octanol–water partition coefficient (Wildman–Crippen LogP) is 14.2. The summed E-state index contributed by atoms with van der Waals surface area (Å²) >= 11 is 0. The number of hydrogen-bond acceptors (Lipinski definition) is 0. The molecule has 1 aromatic heterocycles. The second-order valence-corrected chi connectivity index (χ2v) is 23.8. The molecule has 0 aliphatic heterocycles. The van der Waals surface area contributed by atoms with Crippen LogP contribution in [0, 0.1) is 24.7 Å². The van der Waals surface area contributed by atoms with Gasteiger partial charge in [0.05, 0.1) is 11.0 Å². The molecule has 0 bridgehead atoms. The topological polar surface area (TPSA) is 4.93 Å². The quantitative estimate of drug-likeness (QED) is 0.0649. The standard InChI is InChI=1S/C42H31NP2.2C15H9.2Au/c1-6-18-32(19-7-1)43-39-29-17-16-28-37(39)38-30-41(44(33-20-8-2-9-21-33)34-22-10-3-11-23-34)42(31-40(38)43)45(35-24-12-4-13-25-35)36-26-14-5-15-27-36;2*1-2-11-7-5-9-14-13-8-4-3-6-12(13)10-15(11)14;;/h1-31H;2*3-9H,10H2;;/q;2*-1;2*+1/p+2. The van der Waals surface area contributed by atoms with Crippen molar-refractivity contribution in [2.24, 2.45) is 0 Å². The van der Waals surface area contributed by atoms with Crippen molar-refractivity contribution in [3.05, 3.63) is 319 Å². The average Bonchev–Trinajstić information content (AvgIpc) is 4.18. The second kappa shape index (κ2) is 24.3. The van der Waals surface area contributed by atoms with E-state index in [1.165, 1.54) is 104 Å². The van der Waals surface area contributed by atoms with Crippen LogP contribution in [0.5, 0.6) is 0 Å². The van der Waals surface area contributed by atoms with E-state index in [0.29, 0.717) is 0 Å². The SMILES string of the molecule is [Au+].[Au+].[C-]#Cc1cccc2c1Cc1ccccc1-2.[C-]#Cc1cccc2c1Cc1ccccc1-2.c1ccc(-n2c3ccccc3c3cc([PH+](c4ccccc4)c4ccccc4)c([PH+](c4ccccc4)c4ccccc4)cc32)cc1. The van der Waals surface area contributed by atoms with E-state index in [1.807, 2.05) is 24.3 Å². The summed E-state index contributed by atoms with van der Waals surface area (Å²) in [4.78, 5) is 0. The minimum atomic E-state index is -1.38. The van der Waals surface area contributed by atoms with Crippen LogP contribution in [0.25, 0.3) is 49.7 Å². The third kappa shape index (κ3) is 10.6. The van der Waals surface area contributed by atoms with Crippen molar-refractivity contribution in [3.8, 4) is 39.8 Å². The zero-order valence-electron chi connectivity index (χ0n) is 41.9. The number of nitrogens with zero attached hydrogens (tertiary/aromatic N) is 1. The van der Waals surface area contributed by atoms with Crippen molar-refractivity contribution >= 4 is 69.5 Å². The number of benzene rings is 11. The van der Waals surface area contributed by atoms with Gasteiger partial charge in [-0.1, -0.05) is 182 Å². The molecule has 374 valence electrons. The zero-order valence-corrected chi connectivity index (χ0v) is 48.3. The van der Waals surface area contributed by atoms with Crippen molar-refractivity contribution in [3.63, 3.8) is 0 Å². The molecule has 5 heteroatoms. The third-order valence-electron chi connectivity index (χ3n) is 14.6. The molecule has 2 aliphatic carbocycles. The third-order valence-corrected chi connectivity index (χ3v) is 20.4. The van der Waals surface area contributed by atoms with Gasteiger partial charge in [-0.15, -0.1) is 34.4 Å². The molecular formula is C72H51Au2NP2+2. The molecule has 0 N–H and O–H groups in total. The molecule has 1 heterocycles. The first-order chi connectivity index (χ1) is 37.2. The number of hydrogen-bond donors (Lipinski definition) is 0. The Labute approximate surface area is 486 Å². The van der Waals surface area contributed by atoms with Gasteiger partial charge in [0.1, 0.15) is 47.7 Å². The van der Waals surface area contributed by atoms with Crippen molar-refractivity contribution in [1.82, 2.24) is 4.57 Å². The van der Waals surface area contributed by atoms with Crippen LogP contribution in [0.15, 0.2) is 273 Å². The van der Waals surface area contributed by atoms with E-state index < -0.39 is 15.8 Å². The van der Waals surface area contributed by atoms with Gasteiger partial charge in [-0.05, 0) is 119 Å². The molecule has 0 saturated carbocycles. The van der Waals surface area contributed by atoms with Crippen molar-refractivity contribution in [1.29, 1.82) is 0 Å². The summed E-state index contributed by atoms with van der Waals surface area (Å²) in [6.45, 7) is 0. The zero-order chi connectivity index (χ0) is 50.5. The summed E-state index contributed by atoms with van der Waals surface area (Å²) in [6, 6.07) is 98.7. The number of rotatable bonds is 7. The number of fused-ring (bicyclic) bond motifs is 9. The van der Waals surface area contributed by atoms with Crippen LogP contribution < -0.4 is 31.8 Å². The maximum Gasteiger partial charge on any atom is 1.00 e. The Kier molecular flexibility index (Phi) is 16.8. The average molecular weight is 1390 g/mol. The number of aromatic nitrogens is 1. The van der Waals surface area contributed by atoms with Gasteiger partial charge in [0.25, 0.3) is 0 Å². The van der Waals surface area contributed by atoms with E-state index in [1.54, 1.807) is 0 Å². The van der Waals surface area contributed by atoms with E-state index in [-0.39, 0.29) is 44.8 Å². The first-order valence-electron chi connectivity index (χ1n) is 25.5. The molecule has 0 amide bonds. The van der Waals surface area contributed by atoms with Crippen LogP contribution >= 0.6 is 15.8 Å². The van der Waals surface area contributed by atoms with Gasteiger partial charge in [0, 0.05) is 22.5 Å². The first-order valence-corrected chi connectivity index (χ1v) is 28.5. The van der Waals surface area contributed by atoms with Gasteiger partial charge >= 0.3 is 44.8 Å². The molecule has 0 saturated heterocycles. The summed E-state index contributed by atoms with van der Waals surface area (Å²) in [5, 5.41) is 11.2. The molecule has 0 atom stereocenters. The maximum absolute atomic E-state index is 7.27. The van der Waals surface area contributed by atoms with Gasteiger partial charge in [-0.3, -0.25) is 11.8 Å². The van der Waals surface area contributed by atoms with E-state index in [0.717, 1.165) is 24.0 Å². The second-order valence-electron chi connectivity index (χ2n) is 18.9. The fourth-order valence-corrected chi connectivity index (χ4v) is 17.2. The summed E-state index contributed by atoms with van der Waals surface area (Å²) < 4.78 is 2.46. The van der Waals surface area contributed by atoms with E-state index in [2.05, 4.69) is 265 Å². The van der Waals surface area contributed by atoms with E-state index >= 15 is 0 Å². The van der Waals surface area contributed by atoms with Crippen LogP contribution in [-0.2, 0) is 57.6 Å². The first kappa shape index (κ1) is 53.1. The smallest absolute Gasteiger partial charge is 0.366 e. The Hall–Kier alpha value is -7.32. The molecule has 0 spiro atoms. The maximum atomic E-state index is 7.27. The predicted molar refractivity (Wildman–Crippen MR) is 323 cm³/mol. The van der Waals surface area contributed by atoms with Gasteiger partial charge < -0.3 is 17.4 Å². The van der Waals surface area contributed by atoms with Gasteiger partial charge in [-0.25, -0.2) is 0 Å². The van der Waals surface area contributed by atoms with Crippen molar-refractivity contribution in [2.75, 3.05) is 0 Å². The Morgan fingerprint density at radius 3 is 1.13 bits per heavy atom. The minimum Gasteiger partial charge on any atom is -0.366 e. The van der Waals surface area contributed by atoms with Crippen LogP contribution in [-0.4, -0.2) is 4.57 Å². The van der Waals surface area contributed by atoms with Crippen LogP contribution in [0.3, 0.4) is 0 Å². The van der Waals surface area contributed by atoms with Crippen LogP contribution in [0.1, 0.15) is 33.4 Å². The molecule has 77 heavy (non-hydrogen) atoms. The molecular weight excluding hydrogens is 1330 g/mol. The normalized spacial score (nSPS) is 11.3. The molecule has 1 nitrogen and oxygen atoms in total. The fraction of sp³-hybridized carbons (Fsp3) is 0.0278. The Bertz CT molecular complexity index is 3900. The molecule has 2 aliphatic rings. The molecule has 14 rings (SSSR count). The largest absolute Gasteiger partial charge is 1.00 e. The molecule has 12 aromatic rings. The minimum absolute atomic E-state index is 0. The number of para-hydroxylation sites is 2. The monoisotopic (exact) mass is 1390 g/mol. The summed E-state index contributed by atoms with van der Waals surface area (Å²) in [5.41, 5.74) is 15.9.